The van der Waals surface area contributed by atoms with Gasteiger partial charge < -0.3 is 15.6 Å². The maximum Gasteiger partial charge on any atom is 0.271 e. The highest BCUT2D eigenvalue weighted by Crippen LogP contribution is 2.26. The lowest BCUT2D eigenvalue weighted by Gasteiger charge is -2.09. The molecule has 1 aliphatic carbocycles. The van der Waals surface area contributed by atoms with E-state index in [9.17, 15) is 14.4 Å². The number of rotatable bonds is 5. The highest BCUT2D eigenvalue weighted by molar-refractivity contribution is 6.04. The minimum atomic E-state index is -0.348. The molecule has 130 valence electrons. The fourth-order valence-electron chi connectivity index (χ4n) is 2.95. The lowest BCUT2D eigenvalue weighted by atomic mass is 9.94. The molecular weight excluding hydrogens is 322 g/mol. The third-order valence-corrected chi connectivity index (χ3v) is 4.16. The molecule has 2 aromatic rings. The van der Waals surface area contributed by atoms with Crippen LogP contribution in [0.15, 0.2) is 18.6 Å². The number of ketones is 1. The van der Waals surface area contributed by atoms with Crippen molar-refractivity contribution in [2.45, 2.75) is 26.2 Å². The molecule has 0 aliphatic heterocycles. The van der Waals surface area contributed by atoms with Crippen LogP contribution in [0.25, 0.3) is 0 Å². The molecule has 0 saturated heterocycles. The molecule has 0 atom stereocenters. The van der Waals surface area contributed by atoms with E-state index in [-0.39, 0.29) is 36.4 Å². The van der Waals surface area contributed by atoms with Crippen molar-refractivity contribution in [3.05, 3.63) is 46.8 Å². The number of aromatic nitrogens is 3. The normalized spacial score (nSPS) is 13.2. The SMILES string of the molecule is Cc1c(C(=O)NCCNC(=O)c2cnccn2)[nH]c2c1C(=O)CCC2. The summed E-state index contributed by atoms with van der Waals surface area (Å²) in [5.74, 6) is -0.543. The molecule has 1 aliphatic rings. The topological polar surface area (TPSA) is 117 Å². The number of aryl methyl sites for hydroxylation is 1. The summed E-state index contributed by atoms with van der Waals surface area (Å²) >= 11 is 0. The van der Waals surface area contributed by atoms with Crippen molar-refractivity contribution in [3.8, 4) is 0 Å². The molecule has 2 heterocycles. The Labute approximate surface area is 144 Å². The third kappa shape index (κ3) is 3.57. The molecule has 0 unspecified atom stereocenters. The Bertz CT molecular complexity index is 813. The first-order valence-corrected chi connectivity index (χ1v) is 8.15. The van der Waals surface area contributed by atoms with Crippen molar-refractivity contribution in [1.29, 1.82) is 0 Å². The summed E-state index contributed by atoms with van der Waals surface area (Å²) in [5.41, 5.74) is 2.84. The number of Topliss-reactive ketones (excluding diaryl/α,β-unsaturated/α-hetero) is 1. The molecule has 2 amide bonds. The van der Waals surface area contributed by atoms with Crippen molar-refractivity contribution in [1.82, 2.24) is 25.6 Å². The van der Waals surface area contributed by atoms with E-state index >= 15 is 0 Å². The number of H-pyrrole nitrogens is 1. The monoisotopic (exact) mass is 341 g/mol. The average molecular weight is 341 g/mol. The minimum absolute atomic E-state index is 0.0882. The van der Waals surface area contributed by atoms with Crippen LogP contribution >= 0.6 is 0 Å². The number of hydrogen-bond acceptors (Lipinski definition) is 5. The van der Waals surface area contributed by atoms with Gasteiger partial charge in [-0.2, -0.15) is 0 Å². The first kappa shape index (κ1) is 16.8. The molecule has 0 radical (unpaired) electrons. The van der Waals surface area contributed by atoms with E-state index in [0.717, 1.165) is 18.5 Å². The van der Waals surface area contributed by atoms with Crippen LogP contribution in [0.4, 0.5) is 0 Å². The lowest BCUT2D eigenvalue weighted by molar-refractivity contribution is 0.0922. The summed E-state index contributed by atoms with van der Waals surface area (Å²) in [5, 5.41) is 5.39. The fraction of sp³-hybridized carbons (Fsp3) is 0.353. The highest BCUT2D eigenvalue weighted by atomic mass is 16.2. The molecule has 3 N–H and O–H groups in total. The number of amides is 2. The zero-order chi connectivity index (χ0) is 17.8. The Morgan fingerprint density at radius 1 is 1.16 bits per heavy atom. The van der Waals surface area contributed by atoms with Gasteiger partial charge in [0.05, 0.1) is 6.20 Å². The van der Waals surface area contributed by atoms with Crippen LogP contribution in [0.3, 0.4) is 0 Å². The number of carbonyl (C=O) groups is 3. The summed E-state index contributed by atoms with van der Waals surface area (Å²) < 4.78 is 0. The molecule has 0 aromatic carbocycles. The molecule has 3 rings (SSSR count). The fourth-order valence-corrected chi connectivity index (χ4v) is 2.95. The Balaban J connectivity index is 1.53. The van der Waals surface area contributed by atoms with Crippen LogP contribution in [0.2, 0.25) is 0 Å². The van der Waals surface area contributed by atoms with E-state index in [1.54, 1.807) is 6.92 Å². The van der Waals surface area contributed by atoms with Crippen molar-refractivity contribution >= 4 is 17.6 Å². The first-order valence-electron chi connectivity index (χ1n) is 8.15. The van der Waals surface area contributed by atoms with Gasteiger partial charge in [0.25, 0.3) is 11.8 Å². The molecule has 25 heavy (non-hydrogen) atoms. The van der Waals surface area contributed by atoms with Crippen LogP contribution in [0.5, 0.6) is 0 Å². The van der Waals surface area contributed by atoms with Crippen LogP contribution in [0, 0.1) is 6.92 Å². The number of nitrogens with one attached hydrogen (secondary N) is 3. The Morgan fingerprint density at radius 2 is 1.92 bits per heavy atom. The molecular formula is C17H19N5O3. The summed E-state index contributed by atoms with van der Waals surface area (Å²) in [6.45, 7) is 2.31. The van der Waals surface area contributed by atoms with E-state index < -0.39 is 0 Å². The number of hydrogen-bond donors (Lipinski definition) is 3. The van der Waals surface area contributed by atoms with Gasteiger partial charge in [-0.25, -0.2) is 4.98 Å². The summed E-state index contributed by atoms with van der Waals surface area (Å²) in [6.07, 6.45) is 6.41. The summed E-state index contributed by atoms with van der Waals surface area (Å²) in [7, 11) is 0. The van der Waals surface area contributed by atoms with Crippen molar-refractivity contribution in [3.63, 3.8) is 0 Å². The molecule has 8 nitrogen and oxygen atoms in total. The van der Waals surface area contributed by atoms with E-state index in [1.807, 2.05) is 0 Å². The summed E-state index contributed by atoms with van der Waals surface area (Å²) in [4.78, 5) is 46.9. The van der Waals surface area contributed by atoms with E-state index in [0.29, 0.717) is 23.2 Å². The molecule has 0 saturated carbocycles. The zero-order valence-corrected chi connectivity index (χ0v) is 13.9. The van der Waals surface area contributed by atoms with Gasteiger partial charge in [-0.05, 0) is 25.3 Å². The van der Waals surface area contributed by atoms with Crippen molar-refractivity contribution in [2.24, 2.45) is 0 Å². The largest absolute Gasteiger partial charge is 0.354 e. The van der Waals surface area contributed by atoms with Crippen molar-refractivity contribution in [2.75, 3.05) is 13.1 Å². The average Bonchev–Trinajstić information content (AvgIpc) is 2.97. The minimum Gasteiger partial charge on any atom is -0.354 e. The third-order valence-electron chi connectivity index (χ3n) is 4.16. The van der Waals surface area contributed by atoms with Gasteiger partial charge in [0.15, 0.2) is 5.78 Å². The van der Waals surface area contributed by atoms with Gasteiger partial charge in [-0.1, -0.05) is 0 Å². The Morgan fingerprint density at radius 3 is 2.60 bits per heavy atom. The highest BCUT2D eigenvalue weighted by Gasteiger charge is 2.26. The molecule has 0 spiro atoms. The Kier molecular flexibility index (Phi) is 4.87. The quantitative estimate of drug-likeness (QED) is 0.695. The van der Waals surface area contributed by atoms with Crippen molar-refractivity contribution < 1.29 is 14.4 Å². The zero-order valence-electron chi connectivity index (χ0n) is 13.9. The molecule has 0 fully saturated rings. The lowest BCUT2D eigenvalue weighted by Crippen LogP contribution is -2.35. The van der Waals surface area contributed by atoms with Gasteiger partial charge in [0.1, 0.15) is 11.4 Å². The number of fused-ring (bicyclic) bond motifs is 1. The maximum absolute atomic E-state index is 12.3. The van der Waals surface area contributed by atoms with Gasteiger partial charge in [-0.15, -0.1) is 0 Å². The smallest absolute Gasteiger partial charge is 0.271 e. The second-order valence-corrected chi connectivity index (χ2v) is 5.86. The molecule has 2 aromatic heterocycles. The van der Waals surface area contributed by atoms with Gasteiger partial charge in [0, 0.05) is 43.2 Å². The van der Waals surface area contributed by atoms with E-state index in [4.69, 9.17) is 0 Å². The van der Waals surface area contributed by atoms with Gasteiger partial charge in [-0.3, -0.25) is 19.4 Å². The summed E-state index contributed by atoms with van der Waals surface area (Å²) in [6, 6.07) is 0. The second-order valence-electron chi connectivity index (χ2n) is 5.86. The van der Waals surface area contributed by atoms with Gasteiger partial charge in [0.2, 0.25) is 0 Å². The van der Waals surface area contributed by atoms with Crippen LogP contribution in [-0.2, 0) is 6.42 Å². The first-order chi connectivity index (χ1) is 12.1. The Hall–Kier alpha value is -3.03. The number of nitrogens with zero attached hydrogens (tertiary/aromatic N) is 2. The van der Waals surface area contributed by atoms with Crippen LogP contribution in [-0.4, -0.2) is 45.6 Å². The second kappa shape index (κ2) is 7.25. The predicted molar refractivity (Wildman–Crippen MR) is 89.5 cm³/mol. The predicted octanol–water partition coefficient (Wildman–Crippen LogP) is 0.792. The molecule has 8 heteroatoms. The number of aromatic amines is 1. The van der Waals surface area contributed by atoms with Gasteiger partial charge >= 0.3 is 0 Å². The van der Waals surface area contributed by atoms with Crippen LogP contribution in [0.1, 0.15) is 55.4 Å². The maximum atomic E-state index is 12.3. The number of carbonyl (C=O) groups excluding carboxylic acids is 3. The van der Waals surface area contributed by atoms with E-state index in [2.05, 4.69) is 25.6 Å². The molecule has 0 bridgehead atoms. The van der Waals surface area contributed by atoms with E-state index in [1.165, 1.54) is 18.6 Å². The standard InChI is InChI=1S/C17H19N5O3/c1-10-14-11(3-2-4-13(14)23)22-15(10)17(25)21-8-7-20-16(24)12-9-18-5-6-19-12/h5-6,9,22H,2-4,7-8H2,1H3,(H,20,24)(H,21,25). The van der Waals surface area contributed by atoms with Crippen LogP contribution < -0.4 is 10.6 Å².